The second-order valence-electron chi connectivity index (χ2n) is 7.87. The van der Waals surface area contributed by atoms with E-state index >= 15 is 0 Å². The summed E-state index contributed by atoms with van der Waals surface area (Å²) >= 11 is 0. The van der Waals surface area contributed by atoms with Crippen molar-refractivity contribution in [1.29, 1.82) is 0 Å². The smallest absolute Gasteiger partial charge is 0.162 e. The highest BCUT2D eigenvalue weighted by atomic mass is 16.3. The molecule has 4 nitrogen and oxygen atoms in total. The van der Waals surface area contributed by atoms with Gasteiger partial charge in [0.25, 0.3) is 0 Å². The number of fused-ring (bicyclic) bond motifs is 1. The molecule has 2 fully saturated rings. The number of phenols is 2. The zero-order valence-electron chi connectivity index (χ0n) is 15.6. The zero-order valence-corrected chi connectivity index (χ0v) is 15.6. The summed E-state index contributed by atoms with van der Waals surface area (Å²) in [5.41, 5.74) is 1.75. The first-order chi connectivity index (χ1) is 12.7. The van der Waals surface area contributed by atoms with Gasteiger partial charge in [-0.3, -0.25) is 9.80 Å². The van der Waals surface area contributed by atoms with E-state index in [1.165, 1.54) is 38.5 Å². The van der Waals surface area contributed by atoms with Gasteiger partial charge in [0.1, 0.15) is 0 Å². The van der Waals surface area contributed by atoms with Crippen molar-refractivity contribution in [2.24, 2.45) is 0 Å². The van der Waals surface area contributed by atoms with Crippen LogP contribution in [0.4, 0.5) is 0 Å². The second-order valence-corrected chi connectivity index (χ2v) is 7.87. The van der Waals surface area contributed by atoms with Crippen molar-refractivity contribution in [2.75, 3.05) is 26.2 Å². The number of phenolic OH excluding ortho intramolecular Hbond substituents is 2. The van der Waals surface area contributed by atoms with Gasteiger partial charge in [-0.05, 0) is 62.6 Å². The van der Waals surface area contributed by atoms with Crippen LogP contribution in [0.3, 0.4) is 0 Å². The molecule has 0 atom stereocenters. The molecule has 0 saturated carbocycles. The van der Waals surface area contributed by atoms with E-state index in [0.717, 1.165) is 48.1 Å². The summed E-state index contributed by atoms with van der Waals surface area (Å²) in [6, 6.07) is 8.24. The molecule has 0 radical (unpaired) electrons. The van der Waals surface area contributed by atoms with Crippen molar-refractivity contribution >= 4 is 10.8 Å². The molecule has 2 aromatic rings. The molecule has 4 heteroatoms. The van der Waals surface area contributed by atoms with E-state index in [0.29, 0.717) is 13.1 Å². The molecule has 2 saturated heterocycles. The van der Waals surface area contributed by atoms with Crippen LogP contribution >= 0.6 is 0 Å². The number of benzene rings is 2. The molecule has 0 aliphatic carbocycles. The minimum atomic E-state index is 0.0845. The summed E-state index contributed by atoms with van der Waals surface area (Å²) in [4.78, 5) is 4.80. The average Bonchev–Trinajstić information content (AvgIpc) is 2.70. The number of rotatable bonds is 4. The molecule has 140 valence electrons. The predicted molar refractivity (Wildman–Crippen MR) is 106 cm³/mol. The maximum atomic E-state index is 10.8. The van der Waals surface area contributed by atoms with Crippen LogP contribution in [0.15, 0.2) is 24.3 Å². The number of aromatic hydroxyl groups is 2. The van der Waals surface area contributed by atoms with Crippen molar-refractivity contribution in [3.05, 3.63) is 35.4 Å². The Hall–Kier alpha value is -1.78. The van der Waals surface area contributed by atoms with Crippen molar-refractivity contribution in [3.63, 3.8) is 0 Å². The Balaban J connectivity index is 1.71. The van der Waals surface area contributed by atoms with Crippen LogP contribution in [0.5, 0.6) is 11.5 Å². The third-order valence-corrected chi connectivity index (χ3v) is 6.03. The SMILES string of the molecule is Oc1c(O)c(CN2CCCCC2)c2ccccc2c1CN1CCCCC1. The molecule has 0 spiro atoms. The lowest BCUT2D eigenvalue weighted by atomic mass is 9.95. The molecule has 0 bridgehead atoms. The van der Waals surface area contributed by atoms with Crippen LogP contribution in [0.2, 0.25) is 0 Å². The maximum absolute atomic E-state index is 10.8. The van der Waals surface area contributed by atoms with Crippen LogP contribution in [0.25, 0.3) is 10.8 Å². The Morgan fingerprint density at radius 3 is 1.38 bits per heavy atom. The first-order valence-corrected chi connectivity index (χ1v) is 10.1. The molecule has 2 N–H and O–H groups in total. The Labute approximate surface area is 156 Å². The summed E-state index contributed by atoms with van der Waals surface area (Å²) in [5.74, 6) is 0.169. The van der Waals surface area contributed by atoms with E-state index < -0.39 is 0 Å². The number of likely N-dealkylation sites (tertiary alicyclic amines) is 2. The summed E-state index contributed by atoms with van der Waals surface area (Å²) in [7, 11) is 0. The third kappa shape index (κ3) is 3.53. The first-order valence-electron chi connectivity index (χ1n) is 10.1. The van der Waals surface area contributed by atoms with Gasteiger partial charge in [0.2, 0.25) is 0 Å². The number of hydrogen-bond acceptors (Lipinski definition) is 4. The minimum Gasteiger partial charge on any atom is -0.504 e. The van der Waals surface area contributed by atoms with Crippen LogP contribution < -0.4 is 0 Å². The highest BCUT2D eigenvalue weighted by molar-refractivity contribution is 5.93. The Bertz CT molecular complexity index is 698. The quantitative estimate of drug-likeness (QED) is 0.807. The van der Waals surface area contributed by atoms with Crippen molar-refractivity contribution in [3.8, 4) is 11.5 Å². The summed E-state index contributed by atoms with van der Waals surface area (Å²) in [6.07, 6.45) is 7.47. The highest BCUT2D eigenvalue weighted by Crippen LogP contribution is 2.41. The normalized spacial score (nSPS) is 19.8. The van der Waals surface area contributed by atoms with Crippen molar-refractivity contribution in [2.45, 2.75) is 51.6 Å². The average molecular weight is 354 g/mol. The number of piperidine rings is 2. The third-order valence-electron chi connectivity index (χ3n) is 6.03. The van der Waals surface area contributed by atoms with Crippen LogP contribution in [-0.2, 0) is 13.1 Å². The fourth-order valence-corrected chi connectivity index (χ4v) is 4.55. The van der Waals surface area contributed by atoms with Gasteiger partial charge in [-0.2, -0.15) is 0 Å². The Kier molecular flexibility index (Phi) is 5.32. The van der Waals surface area contributed by atoms with Gasteiger partial charge >= 0.3 is 0 Å². The lowest BCUT2D eigenvalue weighted by Crippen LogP contribution is -2.30. The topological polar surface area (TPSA) is 46.9 Å². The Morgan fingerprint density at radius 2 is 1.00 bits per heavy atom. The second kappa shape index (κ2) is 7.85. The molecule has 0 unspecified atom stereocenters. The summed E-state index contributed by atoms with van der Waals surface area (Å²) in [6.45, 7) is 5.72. The molecule has 2 heterocycles. The molecule has 2 aromatic carbocycles. The van der Waals surface area contributed by atoms with Gasteiger partial charge in [0.15, 0.2) is 11.5 Å². The Morgan fingerprint density at radius 1 is 0.615 bits per heavy atom. The molecular formula is C22H30N2O2. The van der Waals surface area contributed by atoms with Crippen molar-refractivity contribution in [1.82, 2.24) is 9.80 Å². The molecular weight excluding hydrogens is 324 g/mol. The monoisotopic (exact) mass is 354 g/mol. The van der Waals surface area contributed by atoms with E-state index in [-0.39, 0.29) is 11.5 Å². The van der Waals surface area contributed by atoms with Gasteiger partial charge in [-0.1, -0.05) is 37.1 Å². The lowest BCUT2D eigenvalue weighted by molar-refractivity contribution is 0.215. The summed E-state index contributed by atoms with van der Waals surface area (Å²) in [5, 5.41) is 23.9. The van der Waals surface area contributed by atoms with E-state index in [1.807, 2.05) is 12.1 Å². The van der Waals surface area contributed by atoms with Gasteiger partial charge in [0, 0.05) is 24.2 Å². The van der Waals surface area contributed by atoms with Gasteiger partial charge in [-0.15, -0.1) is 0 Å². The summed E-state index contributed by atoms with van der Waals surface area (Å²) < 4.78 is 0. The molecule has 4 rings (SSSR count). The van der Waals surface area contributed by atoms with Gasteiger partial charge < -0.3 is 10.2 Å². The fraction of sp³-hybridized carbons (Fsp3) is 0.545. The molecule has 0 amide bonds. The minimum absolute atomic E-state index is 0.0845. The van der Waals surface area contributed by atoms with E-state index in [9.17, 15) is 10.2 Å². The first kappa shape index (κ1) is 17.6. The zero-order chi connectivity index (χ0) is 17.9. The predicted octanol–water partition coefficient (Wildman–Crippen LogP) is 4.22. The maximum Gasteiger partial charge on any atom is 0.162 e. The lowest BCUT2D eigenvalue weighted by Gasteiger charge is -2.29. The number of hydrogen-bond donors (Lipinski definition) is 2. The largest absolute Gasteiger partial charge is 0.504 e. The van der Waals surface area contributed by atoms with E-state index in [2.05, 4.69) is 21.9 Å². The molecule has 2 aliphatic heterocycles. The molecule has 26 heavy (non-hydrogen) atoms. The van der Waals surface area contributed by atoms with Crippen LogP contribution in [0.1, 0.15) is 49.7 Å². The van der Waals surface area contributed by atoms with Crippen molar-refractivity contribution < 1.29 is 10.2 Å². The van der Waals surface area contributed by atoms with Crippen LogP contribution in [-0.4, -0.2) is 46.2 Å². The highest BCUT2D eigenvalue weighted by Gasteiger charge is 2.22. The number of nitrogens with zero attached hydrogens (tertiary/aromatic N) is 2. The van der Waals surface area contributed by atoms with Gasteiger partial charge in [-0.25, -0.2) is 0 Å². The standard InChI is InChI=1S/C22H30N2O2/c25-21-19(15-23-11-5-1-6-12-23)17-9-3-4-10-18(17)20(22(21)26)16-24-13-7-2-8-14-24/h3-4,9-10,25-26H,1-2,5-8,11-16H2. The molecule has 2 aliphatic rings. The van der Waals surface area contributed by atoms with Gasteiger partial charge in [0.05, 0.1) is 0 Å². The molecule has 0 aromatic heterocycles. The van der Waals surface area contributed by atoms with E-state index in [4.69, 9.17) is 0 Å². The van der Waals surface area contributed by atoms with Crippen LogP contribution in [0, 0.1) is 0 Å². The van der Waals surface area contributed by atoms with E-state index in [1.54, 1.807) is 0 Å². The fourth-order valence-electron chi connectivity index (χ4n) is 4.55.